The highest BCUT2D eigenvalue weighted by molar-refractivity contribution is 8.00. The third kappa shape index (κ3) is 4.27. The Morgan fingerprint density at radius 3 is 2.68 bits per heavy atom. The molecule has 3 atom stereocenters. The van der Waals surface area contributed by atoms with E-state index in [-0.39, 0.29) is 11.2 Å². The van der Waals surface area contributed by atoms with E-state index in [1.165, 1.54) is 12.0 Å². The lowest BCUT2D eigenvalue weighted by Crippen LogP contribution is -2.45. The molecular weight excluding hydrogens is 330 g/mol. The van der Waals surface area contributed by atoms with Crippen LogP contribution in [0.1, 0.15) is 32.8 Å². The van der Waals surface area contributed by atoms with Crippen molar-refractivity contribution in [2.75, 3.05) is 13.1 Å². The molecule has 0 saturated carbocycles. The smallest absolute Gasteiger partial charge is 0.235 e. The van der Waals surface area contributed by atoms with Gasteiger partial charge < -0.3 is 4.90 Å². The third-order valence-corrected chi connectivity index (χ3v) is 5.77. The maximum Gasteiger partial charge on any atom is 0.235 e. The van der Waals surface area contributed by atoms with Gasteiger partial charge in [0.15, 0.2) is 5.16 Å². The number of carbonyl (C=O) groups excluding carboxylic acids is 1. The molecule has 2 heterocycles. The molecule has 3 unspecified atom stereocenters. The molecule has 134 valence electrons. The number of likely N-dealkylation sites (tertiary alicyclic amines) is 1. The summed E-state index contributed by atoms with van der Waals surface area (Å²) in [7, 11) is 0. The zero-order valence-corrected chi connectivity index (χ0v) is 16.3. The molecular formula is C20H27N3OS. The first-order valence-electron chi connectivity index (χ1n) is 9.00. The van der Waals surface area contributed by atoms with Gasteiger partial charge in [-0.15, -0.1) is 0 Å². The molecule has 1 aliphatic heterocycles. The maximum absolute atomic E-state index is 12.9. The van der Waals surface area contributed by atoms with E-state index >= 15 is 0 Å². The highest BCUT2D eigenvalue weighted by atomic mass is 32.2. The van der Waals surface area contributed by atoms with E-state index in [4.69, 9.17) is 0 Å². The molecule has 5 heteroatoms. The van der Waals surface area contributed by atoms with Crippen molar-refractivity contribution in [1.82, 2.24) is 14.5 Å². The molecule has 0 N–H and O–H groups in total. The molecule has 1 amide bonds. The number of imidazole rings is 1. The summed E-state index contributed by atoms with van der Waals surface area (Å²) in [5, 5.41) is 0.730. The molecule has 4 nitrogen and oxygen atoms in total. The molecule has 1 saturated heterocycles. The van der Waals surface area contributed by atoms with Crippen molar-refractivity contribution in [3.8, 4) is 5.69 Å². The number of piperidine rings is 1. The Bertz CT molecular complexity index is 732. The molecule has 0 spiro atoms. The zero-order chi connectivity index (χ0) is 18.0. The number of aromatic nitrogens is 2. The molecule has 2 aromatic rings. The van der Waals surface area contributed by atoms with Crippen molar-refractivity contribution in [3.63, 3.8) is 0 Å². The summed E-state index contributed by atoms with van der Waals surface area (Å²) >= 11 is 1.54. The highest BCUT2D eigenvalue weighted by Gasteiger charge is 2.29. The number of hydrogen-bond acceptors (Lipinski definition) is 3. The monoisotopic (exact) mass is 357 g/mol. The second kappa shape index (κ2) is 7.65. The van der Waals surface area contributed by atoms with Crippen molar-refractivity contribution in [1.29, 1.82) is 0 Å². The van der Waals surface area contributed by atoms with Crippen molar-refractivity contribution in [2.45, 2.75) is 44.5 Å². The SMILES string of the molecule is Cc1cccc(-n2ccnc2SC(C)C(=O)N2CC(C)CC(C)C2)c1. The fourth-order valence-corrected chi connectivity index (χ4v) is 4.63. The minimum absolute atomic E-state index is 0.136. The van der Waals surface area contributed by atoms with Gasteiger partial charge in [-0.3, -0.25) is 9.36 Å². The Morgan fingerprint density at radius 2 is 2.00 bits per heavy atom. The van der Waals surface area contributed by atoms with E-state index in [1.54, 1.807) is 18.0 Å². The van der Waals surface area contributed by atoms with Crippen LogP contribution in [0.15, 0.2) is 41.8 Å². The fraction of sp³-hybridized carbons (Fsp3) is 0.500. The number of thioether (sulfide) groups is 1. The average Bonchev–Trinajstić information content (AvgIpc) is 3.01. The van der Waals surface area contributed by atoms with Gasteiger partial charge in [0, 0.05) is 31.2 Å². The molecule has 1 aliphatic rings. The number of amides is 1. The number of nitrogens with zero attached hydrogens (tertiary/aromatic N) is 3. The molecule has 25 heavy (non-hydrogen) atoms. The van der Waals surface area contributed by atoms with Gasteiger partial charge >= 0.3 is 0 Å². The summed E-state index contributed by atoms with van der Waals surface area (Å²) in [6.07, 6.45) is 4.97. The Hall–Kier alpha value is -1.75. The normalized spacial score (nSPS) is 22.0. The lowest BCUT2D eigenvalue weighted by molar-refractivity contribution is -0.132. The Balaban J connectivity index is 1.72. The number of carbonyl (C=O) groups is 1. The lowest BCUT2D eigenvalue weighted by atomic mass is 9.92. The zero-order valence-electron chi connectivity index (χ0n) is 15.5. The first-order valence-corrected chi connectivity index (χ1v) is 9.88. The largest absolute Gasteiger partial charge is 0.341 e. The van der Waals surface area contributed by atoms with Crippen LogP contribution in [-0.2, 0) is 4.79 Å². The third-order valence-electron chi connectivity index (χ3n) is 4.70. The topological polar surface area (TPSA) is 38.1 Å². The van der Waals surface area contributed by atoms with Gasteiger partial charge in [0.05, 0.1) is 5.25 Å². The molecule has 0 radical (unpaired) electrons. The summed E-state index contributed by atoms with van der Waals surface area (Å²) in [5.74, 6) is 1.39. The number of aryl methyl sites for hydroxylation is 1. The van der Waals surface area contributed by atoms with Crippen molar-refractivity contribution in [2.24, 2.45) is 11.8 Å². The van der Waals surface area contributed by atoms with Crippen molar-refractivity contribution < 1.29 is 4.79 Å². The minimum Gasteiger partial charge on any atom is -0.341 e. The Morgan fingerprint density at radius 1 is 1.28 bits per heavy atom. The highest BCUT2D eigenvalue weighted by Crippen LogP contribution is 2.28. The van der Waals surface area contributed by atoms with Crippen LogP contribution in [0.3, 0.4) is 0 Å². The van der Waals surface area contributed by atoms with Gasteiger partial charge in [0.25, 0.3) is 0 Å². The second-order valence-corrected chi connectivity index (χ2v) is 8.68. The van der Waals surface area contributed by atoms with Crippen LogP contribution in [0.4, 0.5) is 0 Å². The Kier molecular flexibility index (Phi) is 5.52. The van der Waals surface area contributed by atoms with Crippen LogP contribution in [0, 0.1) is 18.8 Å². The fourth-order valence-electron chi connectivity index (χ4n) is 3.66. The van der Waals surface area contributed by atoms with Gasteiger partial charge in [0.2, 0.25) is 5.91 Å². The molecule has 3 rings (SSSR count). The first kappa shape index (κ1) is 18.1. The first-order chi connectivity index (χ1) is 11.9. The molecule has 1 aromatic heterocycles. The quantitative estimate of drug-likeness (QED) is 0.771. The maximum atomic E-state index is 12.9. The van der Waals surface area contributed by atoms with Crippen LogP contribution in [0.2, 0.25) is 0 Å². The standard InChI is InChI=1S/C20H27N3OS/c1-14-6-5-7-18(11-14)23-9-8-21-20(23)25-17(4)19(24)22-12-15(2)10-16(3)13-22/h5-9,11,15-17H,10,12-13H2,1-4H3. The van der Waals surface area contributed by atoms with E-state index < -0.39 is 0 Å². The molecule has 1 fully saturated rings. The Labute approximate surface area is 154 Å². The predicted molar refractivity (Wildman–Crippen MR) is 103 cm³/mol. The van der Waals surface area contributed by atoms with Gasteiger partial charge in [-0.05, 0) is 49.8 Å². The lowest BCUT2D eigenvalue weighted by Gasteiger charge is -2.36. The number of rotatable bonds is 4. The van der Waals surface area contributed by atoms with Crippen LogP contribution in [0.25, 0.3) is 5.69 Å². The summed E-state index contributed by atoms with van der Waals surface area (Å²) < 4.78 is 2.06. The van der Waals surface area contributed by atoms with E-state index in [1.807, 2.05) is 24.1 Å². The van der Waals surface area contributed by atoms with E-state index in [0.717, 1.165) is 23.9 Å². The van der Waals surface area contributed by atoms with Crippen molar-refractivity contribution in [3.05, 3.63) is 42.2 Å². The van der Waals surface area contributed by atoms with E-state index in [9.17, 15) is 4.79 Å². The second-order valence-electron chi connectivity index (χ2n) is 7.37. The summed E-state index contributed by atoms with van der Waals surface area (Å²) in [6.45, 7) is 10.3. The van der Waals surface area contributed by atoms with Crippen LogP contribution in [0.5, 0.6) is 0 Å². The predicted octanol–water partition coefficient (Wildman–Crippen LogP) is 4.17. The van der Waals surface area contributed by atoms with E-state index in [2.05, 4.69) is 48.5 Å². The van der Waals surface area contributed by atoms with Crippen molar-refractivity contribution >= 4 is 17.7 Å². The molecule has 1 aromatic carbocycles. The van der Waals surface area contributed by atoms with Crippen LogP contribution >= 0.6 is 11.8 Å². The molecule has 0 bridgehead atoms. The number of hydrogen-bond donors (Lipinski definition) is 0. The van der Waals surface area contributed by atoms with Gasteiger partial charge in [0.1, 0.15) is 0 Å². The van der Waals surface area contributed by atoms with Gasteiger partial charge in [-0.1, -0.05) is 37.7 Å². The summed E-state index contributed by atoms with van der Waals surface area (Å²) in [6, 6.07) is 8.33. The van der Waals surface area contributed by atoms with Gasteiger partial charge in [-0.2, -0.15) is 0 Å². The minimum atomic E-state index is -0.136. The van der Waals surface area contributed by atoms with Gasteiger partial charge in [-0.25, -0.2) is 4.98 Å². The van der Waals surface area contributed by atoms with Crippen LogP contribution in [-0.4, -0.2) is 38.7 Å². The number of benzene rings is 1. The summed E-state index contributed by atoms with van der Waals surface area (Å²) in [4.78, 5) is 19.4. The summed E-state index contributed by atoms with van der Waals surface area (Å²) in [5.41, 5.74) is 2.29. The molecule has 0 aliphatic carbocycles. The van der Waals surface area contributed by atoms with E-state index in [0.29, 0.717) is 11.8 Å². The average molecular weight is 358 g/mol. The van der Waals surface area contributed by atoms with Crippen LogP contribution < -0.4 is 0 Å².